The van der Waals surface area contributed by atoms with Gasteiger partial charge in [0.25, 0.3) is 0 Å². The van der Waals surface area contributed by atoms with Gasteiger partial charge in [-0.3, -0.25) is 0 Å². The van der Waals surface area contributed by atoms with Crippen molar-refractivity contribution in [1.82, 2.24) is 4.90 Å². The fraction of sp³-hybridized carbons (Fsp3) is 0.438. The lowest BCUT2D eigenvalue weighted by Crippen LogP contribution is -2.46. The highest BCUT2D eigenvalue weighted by Crippen LogP contribution is 2.23. The molecule has 1 fully saturated rings. The number of esters is 1. The highest BCUT2D eigenvalue weighted by atomic mass is 16.5. The van der Waals surface area contributed by atoms with Crippen LogP contribution in [0.1, 0.15) is 26.2 Å². The molecule has 0 aliphatic carbocycles. The molecule has 3 nitrogen and oxygen atoms in total. The van der Waals surface area contributed by atoms with Gasteiger partial charge in [0.15, 0.2) is 0 Å². The van der Waals surface area contributed by atoms with E-state index in [1.54, 1.807) is 0 Å². The van der Waals surface area contributed by atoms with E-state index in [1.807, 2.05) is 25.1 Å². The average Bonchev–Trinajstić information content (AvgIpc) is 2.46. The van der Waals surface area contributed by atoms with Crippen molar-refractivity contribution < 1.29 is 9.53 Å². The Morgan fingerprint density at radius 3 is 2.84 bits per heavy atom. The highest BCUT2D eigenvalue weighted by molar-refractivity contribution is 6.11. The van der Waals surface area contributed by atoms with Crippen LogP contribution in [0.2, 0.25) is 0 Å². The monoisotopic (exact) mass is 257 g/mol. The summed E-state index contributed by atoms with van der Waals surface area (Å²) in [7, 11) is 0. The van der Waals surface area contributed by atoms with E-state index in [0.29, 0.717) is 13.2 Å². The third-order valence-electron chi connectivity index (χ3n) is 3.91. The number of ether oxygens (including phenoxy) is 1. The van der Waals surface area contributed by atoms with Crippen LogP contribution in [0.4, 0.5) is 0 Å². The van der Waals surface area contributed by atoms with E-state index in [-0.39, 0.29) is 5.97 Å². The fourth-order valence-corrected chi connectivity index (χ4v) is 3.03. The maximum Gasteiger partial charge on any atom is 0.336 e. The van der Waals surface area contributed by atoms with Gasteiger partial charge in [0, 0.05) is 17.5 Å². The molecule has 0 unspecified atom stereocenters. The lowest BCUT2D eigenvalue weighted by atomic mass is 9.97. The molecule has 19 heavy (non-hydrogen) atoms. The molecule has 100 valence electrons. The smallest absolute Gasteiger partial charge is 0.336 e. The van der Waals surface area contributed by atoms with E-state index >= 15 is 0 Å². The number of nitrogens with zero attached hydrogens (tertiary/aromatic N) is 1. The molecule has 3 rings (SSSR count). The maximum absolute atomic E-state index is 12.1. The molecular formula is C16H19NO2. The van der Waals surface area contributed by atoms with Crippen molar-refractivity contribution in [1.29, 1.82) is 0 Å². The Labute approximate surface area is 113 Å². The Kier molecular flexibility index (Phi) is 3.28. The molecule has 0 bridgehead atoms. The number of carbonyl (C=O) groups is 1. The maximum atomic E-state index is 12.1. The van der Waals surface area contributed by atoms with Crippen molar-refractivity contribution in [3.05, 3.63) is 34.7 Å². The molecule has 1 saturated heterocycles. The van der Waals surface area contributed by atoms with Gasteiger partial charge >= 0.3 is 5.97 Å². The van der Waals surface area contributed by atoms with Crippen LogP contribution >= 0.6 is 0 Å². The van der Waals surface area contributed by atoms with E-state index in [1.165, 1.54) is 23.8 Å². The average molecular weight is 257 g/mol. The van der Waals surface area contributed by atoms with Gasteiger partial charge in [0.05, 0.1) is 18.7 Å². The van der Waals surface area contributed by atoms with Gasteiger partial charge in [-0.2, -0.15) is 0 Å². The predicted molar refractivity (Wildman–Crippen MR) is 74.6 cm³/mol. The van der Waals surface area contributed by atoms with E-state index in [4.69, 9.17) is 4.74 Å². The minimum absolute atomic E-state index is 0.167. The third kappa shape index (κ3) is 2.14. The Bertz CT molecular complexity index is 618. The lowest BCUT2D eigenvalue weighted by molar-refractivity contribution is -0.136. The molecule has 1 aromatic rings. The van der Waals surface area contributed by atoms with Crippen LogP contribution in [0.25, 0.3) is 11.3 Å². The first kappa shape index (κ1) is 12.3. The normalized spacial score (nSPS) is 17.8. The molecule has 2 heterocycles. The van der Waals surface area contributed by atoms with Crippen LogP contribution in [0.5, 0.6) is 0 Å². The van der Waals surface area contributed by atoms with Crippen LogP contribution < -0.4 is 10.4 Å². The number of benzene rings is 1. The molecule has 0 spiro atoms. The summed E-state index contributed by atoms with van der Waals surface area (Å²) in [5.74, 6) is -0.167. The zero-order chi connectivity index (χ0) is 13.2. The quantitative estimate of drug-likeness (QED) is 0.741. The van der Waals surface area contributed by atoms with Crippen LogP contribution in [0.15, 0.2) is 24.3 Å². The Hall–Kier alpha value is -1.77. The first-order valence-corrected chi connectivity index (χ1v) is 7.04. The van der Waals surface area contributed by atoms with Crippen molar-refractivity contribution in [2.75, 3.05) is 19.7 Å². The van der Waals surface area contributed by atoms with Gasteiger partial charge in [-0.25, -0.2) is 4.79 Å². The number of fused-ring (bicyclic) bond motifs is 2. The van der Waals surface area contributed by atoms with Crippen LogP contribution in [0.3, 0.4) is 0 Å². The zero-order valence-electron chi connectivity index (χ0n) is 11.3. The number of piperidine rings is 1. The molecule has 0 atom stereocenters. The van der Waals surface area contributed by atoms with Gasteiger partial charge in [0.2, 0.25) is 0 Å². The van der Waals surface area contributed by atoms with Crippen molar-refractivity contribution >= 4 is 17.2 Å². The molecule has 2 aliphatic heterocycles. The molecule has 0 saturated carbocycles. The lowest BCUT2D eigenvalue weighted by Gasteiger charge is -2.34. The standard InChI is InChI=1S/C16H19NO2/c1-2-19-16(18)14-11-17-10-6-5-9-15(17)13-8-4-3-7-12(13)14/h3-4,7-8H,2,5-6,9-11H2,1H3. The second-order valence-electron chi connectivity index (χ2n) is 5.07. The van der Waals surface area contributed by atoms with Crippen LogP contribution in [-0.4, -0.2) is 30.6 Å². The zero-order valence-corrected chi connectivity index (χ0v) is 11.3. The summed E-state index contributed by atoms with van der Waals surface area (Å²) in [4.78, 5) is 14.5. The summed E-state index contributed by atoms with van der Waals surface area (Å²) in [5.41, 5.74) is 2.21. The van der Waals surface area contributed by atoms with Crippen molar-refractivity contribution in [3.63, 3.8) is 0 Å². The Morgan fingerprint density at radius 1 is 1.26 bits per heavy atom. The minimum Gasteiger partial charge on any atom is -0.463 e. The number of carbonyl (C=O) groups excluding carboxylic acids is 1. The van der Waals surface area contributed by atoms with Gasteiger partial charge < -0.3 is 9.64 Å². The van der Waals surface area contributed by atoms with Crippen LogP contribution in [-0.2, 0) is 9.53 Å². The van der Waals surface area contributed by atoms with Crippen molar-refractivity contribution in [2.45, 2.75) is 26.2 Å². The van der Waals surface area contributed by atoms with Gasteiger partial charge in [-0.05, 0) is 31.4 Å². The molecular weight excluding hydrogens is 238 g/mol. The van der Waals surface area contributed by atoms with E-state index in [2.05, 4.69) is 11.0 Å². The molecule has 0 aromatic heterocycles. The summed E-state index contributed by atoms with van der Waals surface area (Å²) < 4.78 is 5.21. The molecule has 0 amide bonds. The molecule has 0 N–H and O–H groups in total. The fourth-order valence-electron chi connectivity index (χ4n) is 3.03. The van der Waals surface area contributed by atoms with Gasteiger partial charge in [0.1, 0.15) is 0 Å². The molecule has 0 radical (unpaired) electrons. The summed E-state index contributed by atoms with van der Waals surface area (Å²) >= 11 is 0. The molecule has 1 aromatic carbocycles. The summed E-state index contributed by atoms with van der Waals surface area (Å²) in [6, 6.07) is 8.21. The SMILES string of the molecule is CCOC(=O)C1=c2ccccc2=C2CCCCN2C1. The number of rotatable bonds is 2. The number of hydrogen-bond donors (Lipinski definition) is 0. The first-order valence-electron chi connectivity index (χ1n) is 7.04. The van der Waals surface area contributed by atoms with E-state index < -0.39 is 0 Å². The highest BCUT2D eigenvalue weighted by Gasteiger charge is 2.24. The predicted octanol–water partition coefficient (Wildman–Crippen LogP) is 1.01. The first-order chi connectivity index (χ1) is 9.31. The second kappa shape index (κ2) is 5.08. The Balaban J connectivity index is 2.21. The Morgan fingerprint density at radius 2 is 2.05 bits per heavy atom. The van der Waals surface area contributed by atoms with Crippen molar-refractivity contribution in [2.24, 2.45) is 0 Å². The third-order valence-corrected chi connectivity index (χ3v) is 3.91. The summed E-state index contributed by atoms with van der Waals surface area (Å²) in [6.07, 6.45) is 3.57. The van der Waals surface area contributed by atoms with E-state index in [9.17, 15) is 4.79 Å². The molecule has 3 heteroatoms. The number of hydrogen-bond acceptors (Lipinski definition) is 3. The molecule has 2 aliphatic rings. The van der Waals surface area contributed by atoms with E-state index in [0.717, 1.165) is 23.8 Å². The largest absolute Gasteiger partial charge is 0.463 e. The van der Waals surface area contributed by atoms with Gasteiger partial charge in [-0.1, -0.05) is 24.3 Å². The summed E-state index contributed by atoms with van der Waals surface area (Å²) in [5, 5.41) is 2.28. The second-order valence-corrected chi connectivity index (χ2v) is 5.07. The topological polar surface area (TPSA) is 29.5 Å². The van der Waals surface area contributed by atoms with Gasteiger partial charge in [-0.15, -0.1) is 0 Å². The summed E-state index contributed by atoms with van der Waals surface area (Å²) in [6.45, 7) is 4.03. The van der Waals surface area contributed by atoms with Crippen molar-refractivity contribution in [3.8, 4) is 0 Å². The van der Waals surface area contributed by atoms with Crippen LogP contribution in [0, 0.1) is 0 Å². The minimum atomic E-state index is -0.167.